The monoisotopic (exact) mass is 103 g/mol. The summed E-state index contributed by atoms with van der Waals surface area (Å²) in [7, 11) is 1.55. The molecule has 0 saturated heterocycles. The number of hydrogen-bond acceptors (Lipinski definition) is 3. The van der Waals surface area contributed by atoms with Crippen molar-refractivity contribution < 1.29 is 9.76 Å². The molecule has 0 spiro atoms. The lowest BCUT2D eigenvalue weighted by Gasteiger charge is -2.03. The van der Waals surface area contributed by atoms with Crippen LogP contribution in [0.4, 0.5) is 0 Å². The third-order valence-corrected chi connectivity index (χ3v) is 0.615. The molecule has 0 heterocycles. The molecule has 0 fully saturated rings. The largest absolute Gasteiger partial charge is 0.442 e. The maximum absolute atomic E-state index is 8.26. The Morgan fingerprint density at radius 3 is 2.57 bits per heavy atom. The third-order valence-electron chi connectivity index (χ3n) is 0.615. The molecule has 3 N–H and O–H groups in total. The van der Waals surface area contributed by atoms with Gasteiger partial charge in [0.2, 0.25) is 0 Å². The standard InChI is InChI=1S/C3H10BNO2/c4-7-2-3(5)1-6/h3,6H,1-2,4-5H2/t3-/m1/s1. The molecule has 4 heteroatoms. The van der Waals surface area contributed by atoms with Crippen LogP contribution in [-0.4, -0.2) is 32.4 Å². The van der Waals surface area contributed by atoms with Crippen LogP contribution in [0.15, 0.2) is 0 Å². The van der Waals surface area contributed by atoms with Crippen LogP contribution in [0, 0.1) is 0 Å². The van der Waals surface area contributed by atoms with E-state index < -0.39 is 0 Å². The van der Waals surface area contributed by atoms with Gasteiger partial charge in [-0.1, -0.05) is 0 Å². The van der Waals surface area contributed by atoms with Gasteiger partial charge in [0, 0.05) is 12.6 Å². The first-order chi connectivity index (χ1) is 3.31. The van der Waals surface area contributed by atoms with Crippen molar-refractivity contribution in [1.29, 1.82) is 0 Å². The summed E-state index contributed by atoms with van der Waals surface area (Å²) in [6, 6.07) is -0.218. The van der Waals surface area contributed by atoms with E-state index in [1.165, 1.54) is 0 Å². The van der Waals surface area contributed by atoms with E-state index in [0.717, 1.165) is 0 Å². The Kier molecular flexibility index (Phi) is 4.08. The number of aliphatic hydroxyl groups is 1. The second-order valence-corrected chi connectivity index (χ2v) is 1.40. The van der Waals surface area contributed by atoms with E-state index in [9.17, 15) is 0 Å². The highest BCUT2D eigenvalue weighted by atomic mass is 16.4. The number of nitrogens with two attached hydrogens (primary N) is 1. The van der Waals surface area contributed by atoms with Crippen molar-refractivity contribution >= 4 is 8.05 Å². The maximum atomic E-state index is 8.26. The SMILES string of the molecule is BOC[C@H](N)CO. The fraction of sp³-hybridized carbons (Fsp3) is 1.00. The Hall–Kier alpha value is -0.0551. The van der Waals surface area contributed by atoms with Crippen LogP contribution in [0.5, 0.6) is 0 Å². The zero-order chi connectivity index (χ0) is 5.70. The smallest absolute Gasteiger partial charge is 0.257 e. The van der Waals surface area contributed by atoms with E-state index >= 15 is 0 Å². The van der Waals surface area contributed by atoms with Gasteiger partial charge in [0.05, 0.1) is 6.61 Å². The Balaban J connectivity index is 2.83. The molecule has 0 aromatic rings. The van der Waals surface area contributed by atoms with Crippen molar-refractivity contribution in [3.8, 4) is 0 Å². The van der Waals surface area contributed by atoms with Gasteiger partial charge in [-0.3, -0.25) is 0 Å². The molecule has 0 saturated carbocycles. The lowest BCUT2D eigenvalue weighted by molar-refractivity contribution is 0.215. The predicted molar refractivity (Wildman–Crippen MR) is 29.6 cm³/mol. The normalized spacial score (nSPS) is 14.0. The molecule has 3 nitrogen and oxygen atoms in total. The van der Waals surface area contributed by atoms with E-state index in [1.807, 2.05) is 0 Å². The molecule has 0 radical (unpaired) electrons. The molecule has 0 aliphatic rings. The quantitative estimate of drug-likeness (QED) is 0.401. The van der Waals surface area contributed by atoms with Crippen LogP contribution in [0.1, 0.15) is 0 Å². The zero-order valence-corrected chi connectivity index (χ0v) is 4.42. The van der Waals surface area contributed by atoms with Crippen LogP contribution in [-0.2, 0) is 4.65 Å². The van der Waals surface area contributed by atoms with Crippen LogP contribution in [0.25, 0.3) is 0 Å². The summed E-state index contributed by atoms with van der Waals surface area (Å²) >= 11 is 0. The van der Waals surface area contributed by atoms with Gasteiger partial charge < -0.3 is 15.5 Å². The molecule has 1 atom stereocenters. The predicted octanol–water partition coefficient (Wildman–Crippen LogP) is -2.13. The Morgan fingerprint density at radius 2 is 2.43 bits per heavy atom. The molecule has 7 heavy (non-hydrogen) atoms. The average molecular weight is 103 g/mol. The number of aliphatic hydroxyl groups excluding tert-OH is 1. The maximum Gasteiger partial charge on any atom is 0.257 e. The summed E-state index contributed by atoms with van der Waals surface area (Å²) in [5.41, 5.74) is 5.21. The summed E-state index contributed by atoms with van der Waals surface area (Å²) in [5, 5.41) is 8.26. The van der Waals surface area contributed by atoms with Crippen molar-refractivity contribution in [3.63, 3.8) is 0 Å². The zero-order valence-electron chi connectivity index (χ0n) is 4.42. The van der Waals surface area contributed by atoms with Crippen LogP contribution >= 0.6 is 0 Å². The van der Waals surface area contributed by atoms with Crippen molar-refractivity contribution in [2.24, 2.45) is 5.73 Å². The second-order valence-electron chi connectivity index (χ2n) is 1.40. The summed E-state index contributed by atoms with van der Waals surface area (Å²) in [6.45, 7) is 0.421. The van der Waals surface area contributed by atoms with E-state index in [4.69, 9.17) is 10.8 Å². The highest BCUT2D eigenvalue weighted by Crippen LogP contribution is 1.72. The summed E-state index contributed by atoms with van der Waals surface area (Å²) in [5.74, 6) is 0. The fourth-order valence-corrected chi connectivity index (χ4v) is 0.267. The Morgan fingerprint density at radius 1 is 1.86 bits per heavy atom. The minimum atomic E-state index is -0.218. The summed E-state index contributed by atoms with van der Waals surface area (Å²) in [4.78, 5) is 0. The second kappa shape index (κ2) is 4.11. The molecule has 0 unspecified atom stereocenters. The van der Waals surface area contributed by atoms with E-state index in [0.29, 0.717) is 6.61 Å². The highest BCUT2D eigenvalue weighted by molar-refractivity contribution is 5.97. The van der Waals surface area contributed by atoms with Gasteiger partial charge in [0.15, 0.2) is 0 Å². The van der Waals surface area contributed by atoms with Gasteiger partial charge in [0.1, 0.15) is 0 Å². The number of rotatable bonds is 3. The van der Waals surface area contributed by atoms with E-state index in [-0.39, 0.29) is 12.6 Å². The van der Waals surface area contributed by atoms with E-state index in [1.54, 1.807) is 8.05 Å². The lowest BCUT2D eigenvalue weighted by atomic mass is 10.3. The van der Waals surface area contributed by atoms with Crippen LogP contribution in [0.3, 0.4) is 0 Å². The molecular weight excluding hydrogens is 92.8 g/mol. The Bertz CT molecular complexity index is 43.9. The van der Waals surface area contributed by atoms with Gasteiger partial charge in [0.25, 0.3) is 8.05 Å². The molecule has 42 valence electrons. The first kappa shape index (κ1) is 6.94. The van der Waals surface area contributed by atoms with Gasteiger partial charge in [-0.2, -0.15) is 0 Å². The summed E-state index contributed by atoms with van der Waals surface area (Å²) < 4.78 is 4.61. The van der Waals surface area contributed by atoms with Crippen LogP contribution < -0.4 is 5.73 Å². The van der Waals surface area contributed by atoms with Gasteiger partial charge in [-0.15, -0.1) is 0 Å². The van der Waals surface area contributed by atoms with Crippen molar-refractivity contribution in [1.82, 2.24) is 0 Å². The molecule has 0 aliphatic carbocycles. The van der Waals surface area contributed by atoms with Gasteiger partial charge >= 0.3 is 0 Å². The topological polar surface area (TPSA) is 55.5 Å². The first-order valence-corrected chi connectivity index (χ1v) is 2.16. The molecule has 0 bridgehead atoms. The number of hydrogen-bond donors (Lipinski definition) is 2. The molecule has 0 aliphatic heterocycles. The molecule has 0 amide bonds. The van der Waals surface area contributed by atoms with Crippen molar-refractivity contribution in [2.75, 3.05) is 13.2 Å². The highest BCUT2D eigenvalue weighted by Gasteiger charge is 1.94. The minimum absolute atomic E-state index is 0.00611. The first-order valence-electron chi connectivity index (χ1n) is 2.16. The van der Waals surface area contributed by atoms with Crippen LogP contribution in [0.2, 0.25) is 0 Å². The Labute approximate surface area is 43.9 Å². The van der Waals surface area contributed by atoms with Gasteiger partial charge in [-0.05, 0) is 0 Å². The molecular formula is C3H10BNO2. The van der Waals surface area contributed by atoms with Crippen molar-refractivity contribution in [2.45, 2.75) is 6.04 Å². The molecule has 0 rings (SSSR count). The molecule has 0 aromatic carbocycles. The fourth-order valence-electron chi connectivity index (χ4n) is 0.267. The van der Waals surface area contributed by atoms with Gasteiger partial charge in [-0.25, -0.2) is 0 Å². The lowest BCUT2D eigenvalue weighted by Crippen LogP contribution is -2.29. The third kappa shape index (κ3) is 3.78. The average Bonchev–Trinajstić information content (AvgIpc) is 1.68. The van der Waals surface area contributed by atoms with E-state index in [2.05, 4.69) is 4.65 Å². The van der Waals surface area contributed by atoms with Crippen molar-refractivity contribution in [3.05, 3.63) is 0 Å². The summed E-state index contributed by atoms with van der Waals surface area (Å²) in [6.07, 6.45) is 0. The molecule has 0 aromatic heterocycles. The minimum Gasteiger partial charge on any atom is -0.442 e.